The Bertz CT molecular complexity index is 3610. The van der Waals surface area contributed by atoms with E-state index in [9.17, 15) is 21.0 Å². The van der Waals surface area contributed by atoms with E-state index in [-0.39, 0.29) is 0 Å². The molecule has 0 aliphatic heterocycles. The number of aromatic nitrogens is 2. The second-order valence-electron chi connectivity index (χ2n) is 15.4. The molecule has 2 heterocycles. The minimum Gasteiger partial charge on any atom is -0.308 e. The van der Waals surface area contributed by atoms with Crippen molar-refractivity contribution in [3.8, 4) is 69.0 Å². The van der Waals surface area contributed by atoms with Crippen molar-refractivity contribution in [3.63, 3.8) is 0 Å². The lowest BCUT2D eigenvalue weighted by Gasteiger charge is -2.19. The molecule has 0 fully saturated rings. The average molecular weight is 801 g/mol. The van der Waals surface area contributed by atoms with Gasteiger partial charge in [-0.2, -0.15) is 21.0 Å². The summed E-state index contributed by atoms with van der Waals surface area (Å²) in [5, 5.41) is 44.8. The summed E-state index contributed by atoms with van der Waals surface area (Å²) in [6.45, 7) is 17.3. The maximum atomic E-state index is 11.4. The molecule has 0 N–H and O–H groups in total. The smallest absolute Gasteiger partial charge is 0.189 e. The highest BCUT2D eigenvalue weighted by Crippen LogP contribution is 2.42. The van der Waals surface area contributed by atoms with Gasteiger partial charge >= 0.3 is 0 Å². The van der Waals surface area contributed by atoms with Crippen LogP contribution in [0.3, 0.4) is 0 Å². The van der Waals surface area contributed by atoms with Crippen LogP contribution in [-0.2, 0) is 0 Å². The third-order valence-electron chi connectivity index (χ3n) is 11.6. The molecule has 0 aliphatic carbocycles. The summed E-state index contributed by atoms with van der Waals surface area (Å²) >= 11 is 0. The summed E-state index contributed by atoms with van der Waals surface area (Å²) < 4.78 is 4.25. The van der Waals surface area contributed by atoms with Crippen LogP contribution in [0.5, 0.6) is 0 Å². The van der Waals surface area contributed by atoms with Crippen molar-refractivity contribution in [2.45, 2.75) is 6.92 Å². The van der Waals surface area contributed by atoms with Crippen LogP contribution in [0.1, 0.15) is 27.8 Å². The summed E-state index contributed by atoms with van der Waals surface area (Å²) in [6, 6.07) is 57.8. The molecule has 288 valence electrons. The Morgan fingerprint density at radius 3 is 1.25 bits per heavy atom. The van der Waals surface area contributed by atoms with Crippen molar-refractivity contribution < 1.29 is 0 Å². The maximum absolute atomic E-state index is 11.4. The summed E-state index contributed by atoms with van der Waals surface area (Å²) in [7, 11) is 0. The van der Waals surface area contributed by atoms with E-state index < -0.39 is 0 Å². The summed E-state index contributed by atoms with van der Waals surface area (Å²) in [5.74, 6) is 0. The van der Waals surface area contributed by atoms with E-state index in [1.807, 2.05) is 97.9 Å². The van der Waals surface area contributed by atoms with Crippen LogP contribution in [0.25, 0.3) is 98.1 Å². The molecule has 0 saturated heterocycles. The number of hydrogen-bond donors (Lipinski definition) is 0. The van der Waals surface area contributed by atoms with Crippen LogP contribution in [0.4, 0.5) is 11.4 Å². The fraction of sp³-hybridized carbons (Fsp3) is 0.0182. The van der Waals surface area contributed by atoms with Crippen molar-refractivity contribution in [1.82, 2.24) is 9.13 Å². The Hall–Kier alpha value is -9.70. The van der Waals surface area contributed by atoms with Crippen LogP contribution in [-0.4, -0.2) is 9.13 Å². The van der Waals surface area contributed by atoms with E-state index in [2.05, 4.69) is 67.4 Å². The minimum atomic E-state index is 0.383. The molecular formula is C55H28N8. The monoisotopic (exact) mass is 800 g/mol. The molecule has 8 nitrogen and oxygen atoms in total. The molecule has 10 rings (SSSR count). The first-order valence-electron chi connectivity index (χ1n) is 19.9. The van der Waals surface area contributed by atoms with Gasteiger partial charge in [0.05, 0.1) is 70.4 Å². The number of aryl methyl sites for hydroxylation is 1. The number of hydrogen-bond acceptors (Lipinski definition) is 4. The average Bonchev–Trinajstić information content (AvgIpc) is 3.84. The highest BCUT2D eigenvalue weighted by molar-refractivity contribution is 6.12. The standard InChI is InChI=1S/C55H28N8/c1-33-16-34(29-56)18-39(17-33)42-27-54(62-50-10-6-4-8-45(50)47-25-37(12-14-52(47)62)40-19-35(30-57)21-43(23-40)60-2)49(32-59)55(28-42)63-51-11-7-5-9-46(51)48-26-38(13-15-53(48)63)41-20-36(31-58)22-44(24-41)61-3/h4-28H,1H3. The lowest BCUT2D eigenvalue weighted by atomic mass is 9.97. The van der Waals surface area contributed by atoms with Gasteiger partial charge in [-0.05, 0) is 143 Å². The molecular weight excluding hydrogens is 773 g/mol. The molecule has 0 spiro atoms. The number of benzene rings is 8. The minimum absolute atomic E-state index is 0.383. The SMILES string of the molecule is [C-]#[N+]c1cc(C#N)cc(-c2ccc3c(c2)c2ccccc2n3-c2cc(-c3cc(C)cc(C#N)c3)cc(-n3c4ccccc4c4cc(-c5cc(C#N)cc([N+]#[C-])c5)ccc43)c2C#N)c1. The van der Waals surface area contributed by atoms with Crippen LogP contribution in [0.2, 0.25) is 0 Å². The predicted octanol–water partition coefficient (Wildman–Crippen LogP) is 13.8. The maximum Gasteiger partial charge on any atom is 0.189 e. The molecule has 63 heavy (non-hydrogen) atoms. The van der Waals surface area contributed by atoms with Gasteiger partial charge in [0.1, 0.15) is 11.6 Å². The first kappa shape index (κ1) is 37.6. The molecule has 2 aromatic heterocycles. The van der Waals surface area contributed by atoms with Crippen molar-refractivity contribution in [2.24, 2.45) is 0 Å². The quantitative estimate of drug-likeness (QED) is 0.161. The van der Waals surface area contributed by atoms with Gasteiger partial charge in [0.15, 0.2) is 11.4 Å². The van der Waals surface area contributed by atoms with Crippen LogP contribution in [0, 0.1) is 65.4 Å². The number of para-hydroxylation sites is 2. The van der Waals surface area contributed by atoms with E-state index in [4.69, 9.17) is 13.1 Å². The Morgan fingerprint density at radius 1 is 0.397 bits per heavy atom. The van der Waals surface area contributed by atoms with Crippen molar-refractivity contribution in [3.05, 3.63) is 202 Å². The Morgan fingerprint density at radius 2 is 0.810 bits per heavy atom. The summed E-state index contributed by atoms with van der Waals surface area (Å²) in [4.78, 5) is 7.22. The molecule has 10 aromatic rings. The fourth-order valence-corrected chi connectivity index (χ4v) is 8.90. The third kappa shape index (κ3) is 6.18. The topological polar surface area (TPSA) is 114 Å². The van der Waals surface area contributed by atoms with Gasteiger partial charge in [-0.1, -0.05) is 54.6 Å². The number of rotatable bonds is 5. The highest BCUT2D eigenvalue weighted by Gasteiger charge is 2.23. The molecule has 8 aromatic carbocycles. The summed E-state index contributed by atoms with van der Waals surface area (Å²) in [6.07, 6.45) is 0. The zero-order valence-electron chi connectivity index (χ0n) is 33.5. The molecule has 0 saturated carbocycles. The van der Waals surface area contributed by atoms with E-state index in [0.29, 0.717) is 45.0 Å². The van der Waals surface area contributed by atoms with E-state index >= 15 is 0 Å². The second-order valence-corrected chi connectivity index (χ2v) is 15.4. The molecule has 0 radical (unpaired) electrons. The van der Waals surface area contributed by atoms with E-state index in [1.54, 1.807) is 36.4 Å². The van der Waals surface area contributed by atoms with Crippen LogP contribution < -0.4 is 0 Å². The molecule has 0 unspecified atom stereocenters. The van der Waals surface area contributed by atoms with E-state index in [0.717, 1.165) is 82.6 Å². The van der Waals surface area contributed by atoms with Crippen LogP contribution >= 0.6 is 0 Å². The van der Waals surface area contributed by atoms with Crippen LogP contribution in [0.15, 0.2) is 152 Å². The predicted molar refractivity (Wildman–Crippen MR) is 248 cm³/mol. The number of fused-ring (bicyclic) bond motifs is 6. The lowest BCUT2D eigenvalue weighted by molar-refractivity contribution is 1.12. The van der Waals surface area contributed by atoms with Gasteiger partial charge in [-0.25, -0.2) is 9.69 Å². The zero-order valence-corrected chi connectivity index (χ0v) is 33.5. The second kappa shape index (κ2) is 14.8. The van der Waals surface area contributed by atoms with Gasteiger partial charge in [0.25, 0.3) is 0 Å². The Kier molecular flexibility index (Phi) is 8.85. The molecule has 0 bridgehead atoms. The Balaban J connectivity index is 1.29. The molecule has 8 heteroatoms. The van der Waals surface area contributed by atoms with Gasteiger partial charge in [0.2, 0.25) is 0 Å². The van der Waals surface area contributed by atoms with Gasteiger partial charge < -0.3 is 9.13 Å². The normalized spacial score (nSPS) is 10.8. The van der Waals surface area contributed by atoms with Gasteiger partial charge in [-0.3, -0.25) is 0 Å². The largest absolute Gasteiger partial charge is 0.308 e. The van der Waals surface area contributed by atoms with E-state index in [1.165, 1.54) is 0 Å². The molecule has 0 aliphatic rings. The summed E-state index contributed by atoms with van der Waals surface area (Å²) in [5.41, 5.74) is 13.1. The lowest BCUT2D eigenvalue weighted by Crippen LogP contribution is -2.05. The fourth-order valence-electron chi connectivity index (χ4n) is 8.90. The number of nitriles is 4. The van der Waals surface area contributed by atoms with Gasteiger partial charge in [-0.15, -0.1) is 0 Å². The first-order valence-corrected chi connectivity index (χ1v) is 19.9. The molecule has 0 atom stereocenters. The van der Waals surface area contributed by atoms with Crippen molar-refractivity contribution >= 4 is 55.0 Å². The number of nitrogens with zero attached hydrogens (tertiary/aromatic N) is 8. The van der Waals surface area contributed by atoms with Gasteiger partial charge in [0, 0.05) is 32.7 Å². The van der Waals surface area contributed by atoms with Crippen molar-refractivity contribution in [1.29, 1.82) is 21.0 Å². The molecule has 0 amide bonds. The zero-order chi connectivity index (χ0) is 43.4. The Labute approximate surface area is 362 Å². The third-order valence-corrected chi connectivity index (χ3v) is 11.6. The highest BCUT2D eigenvalue weighted by atomic mass is 15.0. The first-order chi connectivity index (χ1) is 30.8. The van der Waals surface area contributed by atoms with Crippen molar-refractivity contribution in [2.75, 3.05) is 0 Å².